The lowest BCUT2D eigenvalue weighted by atomic mass is 9.97. The Morgan fingerprint density at radius 3 is 1.53 bits per heavy atom. The number of rotatable bonds is 12. The molecule has 2 heterocycles. The molecule has 0 aliphatic carbocycles. The summed E-state index contributed by atoms with van der Waals surface area (Å²) in [5.41, 5.74) is 2.84. The van der Waals surface area contributed by atoms with Gasteiger partial charge in [-0.15, -0.1) is 0 Å². The van der Waals surface area contributed by atoms with Gasteiger partial charge in [-0.3, -0.25) is 0 Å². The molecule has 0 amide bonds. The van der Waals surface area contributed by atoms with E-state index in [-0.39, 0.29) is 13.2 Å². The molecule has 2 saturated heterocycles. The van der Waals surface area contributed by atoms with Gasteiger partial charge in [0.1, 0.15) is 42.7 Å². The summed E-state index contributed by atoms with van der Waals surface area (Å²) in [6.07, 6.45) is -11.1. The maximum atomic E-state index is 10.8. The van der Waals surface area contributed by atoms with Gasteiger partial charge in [-0.1, -0.05) is 91.0 Å². The van der Waals surface area contributed by atoms with Crippen LogP contribution in [-0.4, -0.2) is 88.4 Å². The average molecular weight is 597 g/mol. The van der Waals surface area contributed by atoms with Crippen LogP contribution in [0.3, 0.4) is 0 Å². The highest BCUT2D eigenvalue weighted by molar-refractivity contribution is 5.15. The quantitative estimate of drug-likeness (QED) is 0.247. The first-order valence-corrected chi connectivity index (χ1v) is 14.5. The van der Waals surface area contributed by atoms with Crippen molar-refractivity contribution in [1.82, 2.24) is 0 Å². The Balaban J connectivity index is 1.42. The molecule has 232 valence electrons. The number of hydrogen-bond donors (Lipinski definition) is 4. The molecule has 43 heavy (non-hydrogen) atoms. The van der Waals surface area contributed by atoms with E-state index in [0.717, 1.165) is 16.7 Å². The van der Waals surface area contributed by atoms with E-state index in [1.807, 2.05) is 97.9 Å². The first kappa shape index (κ1) is 31.7. The van der Waals surface area contributed by atoms with Crippen molar-refractivity contribution in [3.05, 3.63) is 108 Å². The summed E-state index contributed by atoms with van der Waals surface area (Å²) in [7, 11) is 0. The van der Waals surface area contributed by atoms with Crippen LogP contribution in [0.4, 0.5) is 0 Å². The molecule has 0 bridgehead atoms. The van der Waals surface area contributed by atoms with Crippen LogP contribution in [0.25, 0.3) is 0 Å². The van der Waals surface area contributed by atoms with Crippen molar-refractivity contribution in [2.75, 3.05) is 6.61 Å². The Morgan fingerprint density at radius 2 is 1.05 bits per heavy atom. The second-order valence-corrected chi connectivity index (χ2v) is 10.8. The van der Waals surface area contributed by atoms with E-state index in [1.165, 1.54) is 0 Å². The van der Waals surface area contributed by atoms with Gasteiger partial charge in [0.25, 0.3) is 0 Å². The third kappa shape index (κ3) is 8.05. The highest BCUT2D eigenvalue weighted by Gasteiger charge is 2.51. The summed E-state index contributed by atoms with van der Waals surface area (Å²) in [4.78, 5) is 0. The van der Waals surface area contributed by atoms with Crippen LogP contribution in [0.2, 0.25) is 0 Å². The summed E-state index contributed by atoms with van der Waals surface area (Å²) < 4.78 is 37.1. The monoisotopic (exact) mass is 596 g/mol. The van der Waals surface area contributed by atoms with Gasteiger partial charge in [-0.25, -0.2) is 0 Å². The fourth-order valence-electron chi connectivity index (χ4n) is 5.35. The van der Waals surface area contributed by atoms with Gasteiger partial charge in [0.15, 0.2) is 12.6 Å². The Bertz CT molecular complexity index is 1220. The molecule has 10 atom stereocenters. The predicted molar refractivity (Wildman–Crippen MR) is 154 cm³/mol. The Morgan fingerprint density at radius 1 is 0.581 bits per heavy atom. The molecular weight excluding hydrogens is 556 g/mol. The van der Waals surface area contributed by atoms with Crippen molar-refractivity contribution in [1.29, 1.82) is 0 Å². The van der Waals surface area contributed by atoms with Crippen LogP contribution in [-0.2, 0) is 48.2 Å². The van der Waals surface area contributed by atoms with Crippen molar-refractivity contribution in [2.45, 2.75) is 88.2 Å². The molecule has 2 aliphatic heterocycles. The molecule has 0 spiro atoms. The molecular formula is C33H40O10. The summed E-state index contributed by atoms with van der Waals surface area (Å²) in [5, 5.41) is 41.4. The molecule has 2 fully saturated rings. The third-order valence-corrected chi connectivity index (χ3v) is 7.72. The highest BCUT2D eigenvalue weighted by Crippen LogP contribution is 2.33. The first-order chi connectivity index (χ1) is 20.9. The van der Waals surface area contributed by atoms with Gasteiger partial charge in [0.05, 0.1) is 32.5 Å². The average Bonchev–Trinajstić information content (AvgIpc) is 3.04. The summed E-state index contributed by atoms with van der Waals surface area (Å²) in [6, 6.07) is 29.1. The van der Waals surface area contributed by atoms with Crippen LogP contribution >= 0.6 is 0 Å². The zero-order valence-electron chi connectivity index (χ0n) is 24.0. The second-order valence-electron chi connectivity index (χ2n) is 10.8. The maximum Gasteiger partial charge on any atom is 0.187 e. The summed E-state index contributed by atoms with van der Waals surface area (Å²) >= 11 is 0. The number of benzene rings is 3. The van der Waals surface area contributed by atoms with Gasteiger partial charge in [0.2, 0.25) is 0 Å². The van der Waals surface area contributed by atoms with Crippen LogP contribution in [0.15, 0.2) is 91.0 Å². The molecule has 3 aromatic carbocycles. The molecule has 3 aromatic rings. The van der Waals surface area contributed by atoms with Gasteiger partial charge in [-0.05, 0) is 23.6 Å². The molecule has 5 rings (SSSR count). The van der Waals surface area contributed by atoms with E-state index in [9.17, 15) is 20.4 Å². The predicted octanol–water partition coefficient (Wildman–Crippen LogP) is 2.30. The zero-order chi connectivity index (χ0) is 30.2. The van der Waals surface area contributed by atoms with E-state index in [4.69, 9.17) is 28.4 Å². The fraction of sp³-hybridized carbons (Fsp3) is 0.455. The number of aliphatic hydroxyl groups is 4. The van der Waals surface area contributed by atoms with Gasteiger partial charge < -0.3 is 48.8 Å². The smallest absolute Gasteiger partial charge is 0.187 e. The van der Waals surface area contributed by atoms with Gasteiger partial charge in [0, 0.05) is 0 Å². The highest BCUT2D eigenvalue weighted by atomic mass is 16.7. The standard InChI is InChI=1S/C33H40O10/c1-21-28(38-18-22-11-5-2-6-12-22)30(39-19-23-13-7-3-8-14-23)31(40-20-24-15-9-4-10-16-24)33(41-21)43-29-27(36)26(35)25(17-34)42-32(29)37/h2-16,21,25-37H,17-20H2,1H3/t21-,25+,26-,27-,28+,29+,30+,31-,32+,33-/m0/s1. The Labute approximate surface area is 251 Å². The van der Waals surface area contributed by atoms with E-state index < -0.39 is 68.0 Å². The number of hydrogen-bond acceptors (Lipinski definition) is 10. The zero-order valence-corrected chi connectivity index (χ0v) is 24.0. The van der Waals surface area contributed by atoms with Crippen LogP contribution in [0.1, 0.15) is 23.6 Å². The fourth-order valence-corrected chi connectivity index (χ4v) is 5.35. The van der Waals surface area contributed by atoms with Gasteiger partial charge in [-0.2, -0.15) is 0 Å². The van der Waals surface area contributed by atoms with Crippen molar-refractivity contribution in [3.8, 4) is 0 Å². The van der Waals surface area contributed by atoms with Crippen LogP contribution in [0.5, 0.6) is 0 Å². The molecule has 0 radical (unpaired) electrons. The van der Waals surface area contributed by atoms with Gasteiger partial charge >= 0.3 is 0 Å². The minimum Gasteiger partial charge on any atom is -0.394 e. The van der Waals surface area contributed by atoms with E-state index >= 15 is 0 Å². The third-order valence-electron chi connectivity index (χ3n) is 7.72. The van der Waals surface area contributed by atoms with Crippen molar-refractivity contribution < 1.29 is 48.8 Å². The van der Waals surface area contributed by atoms with E-state index in [0.29, 0.717) is 6.61 Å². The van der Waals surface area contributed by atoms with Crippen molar-refractivity contribution in [3.63, 3.8) is 0 Å². The lowest BCUT2D eigenvalue weighted by Gasteiger charge is -2.47. The van der Waals surface area contributed by atoms with E-state index in [2.05, 4.69) is 0 Å². The summed E-state index contributed by atoms with van der Waals surface area (Å²) in [6.45, 7) is 2.01. The second kappa shape index (κ2) is 15.3. The van der Waals surface area contributed by atoms with Crippen LogP contribution in [0, 0.1) is 0 Å². The molecule has 2 aliphatic rings. The maximum absolute atomic E-state index is 10.8. The van der Waals surface area contributed by atoms with E-state index in [1.54, 1.807) is 0 Å². The Hall–Kier alpha value is -2.74. The molecule has 0 unspecified atom stereocenters. The SMILES string of the molecule is C[C@@H]1O[C@@H](O[C@@H]2[C@@H](O)[C@@H](O)[C@@H](CO)O[C@H]2O)[C@@H](OCc2ccccc2)[C@H](OCc2ccccc2)[C@@H]1OCc1ccccc1. The molecule has 10 heteroatoms. The van der Waals surface area contributed by atoms with Crippen molar-refractivity contribution in [2.24, 2.45) is 0 Å². The lowest BCUT2D eigenvalue weighted by molar-refractivity contribution is -0.369. The normalized spacial score (nSPS) is 32.9. The Kier molecular flexibility index (Phi) is 11.3. The molecule has 10 nitrogen and oxygen atoms in total. The minimum absolute atomic E-state index is 0.196. The first-order valence-electron chi connectivity index (χ1n) is 14.5. The summed E-state index contributed by atoms with van der Waals surface area (Å²) in [5.74, 6) is 0. The van der Waals surface area contributed by atoms with Crippen molar-refractivity contribution >= 4 is 0 Å². The topological polar surface area (TPSA) is 136 Å². The molecule has 0 saturated carbocycles. The molecule has 4 N–H and O–H groups in total. The van der Waals surface area contributed by atoms with Crippen LogP contribution < -0.4 is 0 Å². The number of ether oxygens (including phenoxy) is 6. The number of aliphatic hydroxyl groups excluding tert-OH is 4. The molecule has 0 aromatic heterocycles. The minimum atomic E-state index is -1.64. The lowest BCUT2D eigenvalue weighted by Crippen LogP contribution is -2.64. The largest absolute Gasteiger partial charge is 0.394 e.